The molecule has 0 aliphatic carbocycles. The monoisotopic (exact) mass is 280 g/mol. The number of rotatable bonds is 3. The summed E-state index contributed by atoms with van der Waals surface area (Å²) in [4.78, 5) is 11.0. The first-order valence-electron chi connectivity index (χ1n) is 4.47. The number of ether oxygens (including phenoxy) is 1. The van der Waals surface area contributed by atoms with Gasteiger partial charge in [0.25, 0.3) is 0 Å². The van der Waals surface area contributed by atoms with E-state index in [9.17, 15) is 31.1 Å². The average Bonchev–Trinajstić information content (AvgIpc) is 2.12. The van der Waals surface area contributed by atoms with Crippen molar-refractivity contribution < 1.29 is 41.0 Å². The summed E-state index contributed by atoms with van der Waals surface area (Å²) in [6.45, 7) is 3.24. The molecule has 0 heterocycles. The van der Waals surface area contributed by atoms with Crippen molar-refractivity contribution in [3.63, 3.8) is 0 Å². The Morgan fingerprint density at radius 1 is 1.22 bits per heavy atom. The van der Waals surface area contributed by atoms with Gasteiger partial charge in [-0.05, 0) is 13.8 Å². The lowest BCUT2D eigenvalue weighted by Crippen LogP contribution is -2.47. The lowest BCUT2D eigenvalue weighted by atomic mass is 9.97. The number of hydrogen-bond donors (Lipinski definition) is 1. The Hall–Kier alpha value is -1.25. The Morgan fingerprint density at radius 3 is 1.89 bits per heavy atom. The lowest BCUT2D eigenvalue weighted by molar-refractivity contribution is -0.242. The van der Waals surface area contributed by atoms with Gasteiger partial charge in [-0.25, -0.2) is 4.79 Å². The molecular weight excluding hydrogens is 270 g/mol. The van der Waals surface area contributed by atoms with Crippen molar-refractivity contribution in [3.8, 4) is 0 Å². The highest BCUT2D eigenvalue weighted by Crippen LogP contribution is 2.36. The number of esters is 1. The van der Waals surface area contributed by atoms with Gasteiger partial charge in [0, 0.05) is 0 Å². The number of carbonyl (C=O) groups is 1. The second-order valence-electron chi connectivity index (χ2n) is 3.64. The molecule has 0 aromatic rings. The maximum absolute atomic E-state index is 12.3. The molecule has 1 N–H and O–H groups in total. The summed E-state index contributed by atoms with van der Waals surface area (Å²) in [7, 11) is 0. The predicted molar refractivity (Wildman–Crippen MR) is 47.4 cm³/mol. The Morgan fingerprint density at radius 2 is 1.61 bits per heavy atom. The van der Waals surface area contributed by atoms with Crippen LogP contribution in [0.15, 0.2) is 12.2 Å². The second kappa shape index (κ2) is 4.79. The molecule has 18 heavy (non-hydrogen) atoms. The van der Waals surface area contributed by atoms with Crippen LogP contribution >= 0.6 is 0 Å². The molecule has 106 valence electrons. The molecule has 0 radical (unpaired) electrons. The number of alkyl halides is 6. The standard InChI is InChI=1S/C9H10F6O3/c1-4(7(3,17)9(13,14)15)6(16)18-5(2)8(10,11)12/h5,17H,1H2,2-3H3. The summed E-state index contributed by atoms with van der Waals surface area (Å²) < 4.78 is 76.6. The molecule has 0 saturated carbocycles. The van der Waals surface area contributed by atoms with E-state index in [1.54, 1.807) is 0 Å². The highest BCUT2D eigenvalue weighted by Gasteiger charge is 2.54. The fourth-order valence-electron chi connectivity index (χ4n) is 0.668. The van der Waals surface area contributed by atoms with Crippen LogP contribution in [0.2, 0.25) is 0 Å². The normalized spacial score (nSPS) is 17.8. The molecule has 0 aliphatic heterocycles. The number of aliphatic hydroxyl groups is 1. The largest absolute Gasteiger partial charge is 0.450 e. The minimum absolute atomic E-state index is 0.189. The first kappa shape index (κ1) is 16.8. The van der Waals surface area contributed by atoms with Crippen LogP contribution in [-0.2, 0) is 9.53 Å². The topological polar surface area (TPSA) is 46.5 Å². The van der Waals surface area contributed by atoms with E-state index in [0.29, 0.717) is 6.92 Å². The molecule has 9 heteroatoms. The smallest absolute Gasteiger partial charge is 0.425 e. The minimum Gasteiger partial charge on any atom is -0.450 e. The van der Waals surface area contributed by atoms with Crippen molar-refractivity contribution in [1.29, 1.82) is 0 Å². The van der Waals surface area contributed by atoms with E-state index >= 15 is 0 Å². The van der Waals surface area contributed by atoms with Crippen molar-refractivity contribution in [2.24, 2.45) is 0 Å². The third-order valence-corrected chi connectivity index (χ3v) is 2.13. The number of hydrogen-bond acceptors (Lipinski definition) is 3. The highest BCUT2D eigenvalue weighted by atomic mass is 19.4. The van der Waals surface area contributed by atoms with E-state index in [1.165, 1.54) is 0 Å². The molecule has 0 rings (SSSR count). The minimum atomic E-state index is -5.26. The van der Waals surface area contributed by atoms with Crippen molar-refractivity contribution in [2.75, 3.05) is 0 Å². The predicted octanol–water partition coefficient (Wildman–Crippen LogP) is 2.35. The van der Waals surface area contributed by atoms with Crippen LogP contribution in [-0.4, -0.2) is 35.1 Å². The Labute approximate surface area is 98.0 Å². The molecule has 0 aromatic heterocycles. The van der Waals surface area contributed by atoms with E-state index in [0.717, 1.165) is 0 Å². The summed E-state index contributed by atoms with van der Waals surface area (Å²) in [5.41, 5.74) is -5.18. The summed E-state index contributed by atoms with van der Waals surface area (Å²) in [6.07, 6.45) is -12.8. The van der Waals surface area contributed by atoms with Crippen molar-refractivity contribution >= 4 is 5.97 Å². The maximum atomic E-state index is 12.3. The third-order valence-electron chi connectivity index (χ3n) is 2.13. The number of halogens is 6. The second-order valence-corrected chi connectivity index (χ2v) is 3.64. The lowest BCUT2D eigenvalue weighted by Gasteiger charge is -2.28. The van der Waals surface area contributed by atoms with Crippen molar-refractivity contribution in [3.05, 3.63) is 12.2 Å². The van der Waals surface area contributed by atoms with Crippen LogP contribution in [0.5, 0.6) is 0 Å². The molecule has 0 bridgehead atoms. The molecule has 0 amide bonds. The fraction of sp³-hybridized carbons (Fsp3) is 0.667. The van der Waals surface area contributed by atoms with Gasteiger partial charge in [0.15, 0.2) is 11.7 Å². The summed E-state index contributed by atoms with van der Waals surface area (Å²) in [5.74, 6) is -1.97. The molecule has 0 aliphatic rings. The van der Waals surface area contributed by atoms with Gasteiger partial charge in [-0.15, -0.1) is 0 Å². The summed E-state index contributed by atoms with van der Waals surface area (Å²) in [5, 5.41) is 9.00. The molecule has 2 unspecified atom stereocenters. The van der Waals surface area contributed by atoms with Gasteiger partial charge in [-0.1, -0.05) is 6.58 Å². The third kappa shape index (κ3) is 3.62. The van der Waals surface area contributed by atoms with E-state index < -0.39 is 35.6 Å². The van der Waals surface area contributed by atoms with E-state index in [4.69, 9.17) is 5.11 Å². The van der Waals surface area contributed by atoms with Crippen LogP contribution < -0.4 is 0 Å². The van der Waals surface area contributed by atoms with E-state index in [2.05, 4.69) is 11.3 Å². The number of carbonyl (C=O) groups excluding carboxylic acids is 1. The zero-order valence-electron chi connectivity index (χ0n) is 9.32. The molecule has 0 aromatic carbocycles. The van der Waals surface area contributed by atoms with Crippen LogP contribution in [0.25, 0.3) is 0 Å². The van der Waals surface area contributed by atoms with E-state index in [1.807, 2.05) is 0 Å². The SMILES string of the molecule is C=C(C(=O)OC(C)C(F)(F)F)C(C)(O)C(F)(F)F. The Balaban J connectivity index is 4.89. The molecule has 2 atom stereocenters. The first-order chi connectivity index (χ1) is 7.71. The maximum Gasteiger partial charge on any atom is 0.425 e. The molecular formula is C9H10F6O3. The summed E-state index contributed by atoms with van der Waals surface area (Å²) >= 11 is 0. The van der Waals surface area contributed by atoms with Gasteiger partial charge >= 0.3 is 18.3 Å². The van der Waals surface area contributed by atoms with Crippen LogP contribution in [0.1, 0.15) is 13.8 Å². The van der Waals surface area contributed by atoms with Gasteiger partial charge in [0.1, 0.15) is 0 Å². The van der Waals surface area contributed by atoms with Gasteiger partial charge in [-0.2, -0.15) is 26.3 Å². The van der Waals surface area contributed by atoms with Crippen LogP contribution in [0.3, 0.4) is 0 Å². The molecule has 3 nitrogen and oxygen atoms in total. The first-order valence-corrected chi connectivity index (χ1v) is 4.47. The van der Waals surface area contributed by atoms with Crippen LogP contribution in [0.4, 0.5) is 26.3 Å². The van der Waals surface area contributed by atoms with E-state index in [-0.39, 0.29) is 6.92 Å². The van der Waals surface area contributed by atoms with Crippen molar-refractivity contribution in [1.82, 2.24) is 0 Å². The quantitative estimate of drug-likeness (QED) is 0.490. The highest BCUT2D eigenvalue weighted by molar-refractivity contribution is 5.90. The van der Waals surface area contributed by atoms with Gasteiger partial charge in [-0.3, -0.25) is 0 Å². The van der Waals surface area contributed by atoms with Gasteiger partial charge in [0.05, 0.1) is 5.57 Å². The molecule has 0 saturated heterocycles. The fourth-order valence-corrected chi connectivity index (χ4v) is 0.668. The zero-order valence-corrected chi connectivity index (χ0v) is 9.32. The Bertz CT molecular complexity index is 341. The zero-order chi connectivity index (χ0) is 14.9. The Kier molecular flexibility index (Phi) is 4.46. The average molecular weight is 280 g/mol. The van der Waals surface area contributed by atoms with Gasteiger partial charge in [0.2, 0.25) is 0 Å². The molecule has 0 spiro atoms. The van der Waals surface area contributed by atoms with Gasteiger partial charge < -0.3 is 9.84 Å². The van der Waals surface area contributed by atoms with Crippen molar-refractivity contribution in [2.45, 2.75) is 37.9 Å². The summed E-state index contributed by atoms with van der Waals surface area (Å²) in [6, 6.07) is 0. The van der Waals surface area contributed by atoms with Crippen LogP contribution in [0, 0.1) is 0 Å². The molecule has 0 fully saturated rings.